The molecule has 1 aliphatic rings. The first-order chi connectivity index (χ1) is 18.9. The maximum Gasteiger partial charge on any atom is 0.338 e. The fourth-order valence-corrected chi connectivity index (χ4v) is 5.87. The average Bonchev–Trinajstić information content (AvgIpc) is 3.42. The number of aryl methyl sites for hydroxylation is 1. The van der Waals surface area contributed by atoms with Gasteiger partial charge in [-0.2, -0.15) is 0 Å². The highest BCUT2D eigenvalue weighted by molar-refractivity contribution is 7.07. The predicted octanol–water partition coefficient (Wildman–Crippen LogP) is 4.00. The molecule has 0 unspecified atom stereocenters. The molecule has 8 nitrogen and oxygen atoms in total. The summed E-state index contributed by atoms with van der Waals surface area (Å²) in [4.78, 5) is 36.1. The van der Waals surface area contributed by atoms with E-state index in [1.54, 1.807) is 18.6 Å². The number of esters is 1. The Bertz CT molecular complexity index is 1740. The van der Waals surface area contributed by atoms with Crippen LogP contribution in [0, 0.1) is 6.92 Å². The van der Waals surface area contributed by atoms with E-state index in [1.165, 1.54) is 11.3 Å². The Morgan fingerprint density at radius 1 is 1.10 bits per heavy atom. The fourth-order valence-electron chi connectivity index (χ4n) is 4.84. The number of fused-ring (bicyclic) bond motifs is 2. The second kappa shape index (κ2) is 11.4. The first-order valence-corrected chi connectivity index (χ1v) is 13.7. The molecule has 1 N–H and O–H groups in total. The molecule has 0 radical (unpaired) electrons. The van der Waals surface area contributed by atoms with Crippen LogP contribution in [0.3, 0.4) is 0 Å². The van der Waals surface area contributed by atoms with E-state index in [-0.39, 0.29) is 18.8 Å². The molecule has 0 spiro atoms. The minimum atomic E-state index is -0.754. The molecule has 9 heteroatoms. The van der Waals surface area contributed by atoms with Gasteiger partial charge in [0.25, 0.3) is 5.56 Å². The molecule has 5 rings (SSSR count). The second-order valence-corrected chi connectivity index (χ2v) is 10.3. The normalized spacial score (nSPS) is 15.4. The maximum absolute atomic E-state index is 14.1. The van der Waals surface area contributed by atoms with Crippen LogP contribution in [-0.2, 0) is 14.3 Å². The third-order valence-corrected chi connectivity index (χ3v) is 7.64. The van der Waals surface area contributed by atoms with Gasteiger partial charge in [-0.25, -0.2) is 9.79 Å². The molecule has 0 saturated heterocycles. The number of nitrogens with one attached hydrogen (secondary N) is 1. The summed E-state index contributed by atoms with van der Waals surface area (Å²) in [7, 11) is 1.54. The van der Waals surface area contributed by atoms with Crippen molar-refractivity contribution in [3.8, 4) is 5.75 Å². The molecule has 4 aromatic rings. The quantitative estimate of drug-likeness (QED) is 0.253. The Hall–Kier alpha value is -3.95. The predicted molar refractivity (Wildman–Crippen MR) is 152 cm³/mol. The molecule has 2 aromatic carbocycles. The van der Waals surface area contributed by atoms with Crippen molar-refractivity contribution in [1.29, 1.82) is 0 Å². The largest absolute Gasteiger partial charge is 0.493 e. The lowest BCUT2D eigenvalue weighted by molar-refractivity contribution is -0.140. The monoisotopic (exact) mass is 545 g/mol. The van der Waals surface area contributed by atoms with Crippen molar-refractivity contribution in [2.45, 2.75) is 33.2 Å². The number of hydrogen-bond acceptors (Lipinski definition) is 7. The van der Waals surface area contributed by atoms with E-state index < -0.39 is 12.0 Å². The zero-order chi connectivity index (χ0) is 27.5. The summed E-state index contributed by atoms with van der Waals surface area (Å²) < 4.78 is 18.8. The van der Waals surface area contributed by atoms with Crippen molar-refractivity contribution < 1.29 is 19.0 Å². The molecular formula is C30H31N3O5S. The molecule has 2 aromatic heterocycles. The summed E-state index contributed by atoms with van der Waals surface area (Å²) in [5.74, 6) is 0.0774. The molecule has 0 aliphatic carbocycles. The smallest absolute Gasteiger partial charge is 0.338 e. The van der Waals surface area contributed by atoms with Gasteiger partial charge < -0.3 is 19.2 Å². The summed E-state index contributed by atoms with van der Waals surface area (Å²) in [6.07, 6.45) is 2.73. The van der Waals surface area contributed by atoms with Crippen molar-refractivity contribution in [3.63, 3.8) is 0 Å². The van der Waals surface area contributed by atoms with Gasteiger partial charge in [-0.1, -0.05) is 54.7 Å². The maximum atomic E-state index is 14.1. The van der Waals surface area contributed by atoms with E-state index in [2.05, 4.69) is 4.98 Å². The number of H-pyrrole nitrogens is 1. The molecule has 1 aliphatic heterocycles. The number of thiazole rings is 1. The molecular weight excluding hydrogens is 514 g/mol. The molecule has 39 heavy (non-hydrogen) atoms. The number of nitrogens with zero attached hydrogens (tertiary/aromatic N) is 2. The van der Waals surface area contributed by atoms with Crippen LogP contribution in [0.25, 0.3) is 17.0 Å². The topological polar surface area (TPSA) is 94.9 Å². The summed E-state index contributed by atoms with van der Waals surface area (Å²) >= 11 is 1.31. The molecule has 202 valence electrons. The summed E-state index contributed by atoms with van der Waals surface area (Å²) in [6.45, 7) is 6.66. The third-order valence-electron chi connectivity index (χ3n) is 6.66. The van der Waals surface area contributed by atoms with Crippen LogP contribution in [0.15, 0.2) is 69.6 Å². The highest BCUT2D eigenvalue weighted by Crippen LogP contribution is 2.36. The molecule has 0 fully saturated rings. The van der Waals surface area contributed by atoms with Gasteiger partial charge in [0, 0.05) is 34.8 Å². The second-order valence-electron chi connectivity index (χ2n) is 9.31. The van der Waals surface area contributed by atoms with E-state index in [9.17, 15) is 9.59 Å². The first kappa shape index (κ1) is 26.6. The average molecular weight is 546 g/mol. The minimum absolute atomic E-state index is 0.0943. The van der Waals surface area contributed by atoms with Gasteiger partial charge in [0.2, 0.25) is 0 Å². The zero-order valence-corrected chi connectivity index (χ0v) is 23.3. The standard InChI is InChI=1S/C30H31N3O5S/c1-5-14-37-24-13-9-7-11-21(24)27-26(29(35)38-16-15-36-4)19(3)32-30-33(27)28(34)25(39-30)17-22-18(2)31-23-12-8-6-10-20(22)23/h6-13,17,27,31H,5,14-16H2,1-4H3/b25-17+/t27-/m1/s1. The molecule has 0 bridgehead atoms. The van der Waals surface area contributed by atoms with Gasteiger partial charge in [0.15, 0.2) is 4.80 Å². The number of para-hydroxylation sites is 2. The molecule has 0 amide bonds. The van der Waals surface area contributed by atoms with Crippen molar-refractivity contribution in [1.82, 2.24) is 9.55 Å². The molecule has 0 saturated carbocycles. The van der Waals surface area contributed by atoms with Gasteiger partial charge in [0.05, 0.1) is 29.0 Å². The number of benzene rings is 2. The summed E-state index contributed by atoms with van der Waals surface area (Å²) in [5.41, 5.74) is 4.21. The molecule has 3 heterocycles. The number of carbonyl (C=O) groups excluding carboxylic acids is 1. The van der Waals surface area contributed by atoms with Crippen LogP contribution in [-0.4, -0.2) is 42.5 Å². The Kier molecular flexibility index (Phi) is 7.81. The van der Waals surface area contributed by atoms with Crippen LogP contribution < -0.4 is 19.6 Å². The Morgan fingerprint density at radius 2 is 1.87 bits per heavy atom. The first-order valence-electron chi connectivity index (χ1n) is 12.9. The number of rotatable bonds is 9. The zero-order valence-electron chi connectivity index (χ0n) is 22.4. The van der Waals surface area contributed by atoms with Gasteiger partial charge in [-0.05, 0) is 38.5 Å². The Morgan fingerprint density at radius 3 is 2.67 bits per heavy atom. The molecule has 1 atom stereocenters. The van der Waals surface area contributed by atoms with Crippen molar-refractivity contribution >= 4 is 34.3 Å². The van der Waals surface area contributed by atoms with E-state index in [1.807, 2.05) is 68.5 Å². The summed E-state index contributed by atoms with van der Waals surface area (Å²) in [5, 5.41) is 1.04. The highest BCUT2D eigenvalue weighted by atomic mass is 32.1. The minimum Gasteiger partial charge on any atom is -0.493 e. The fraction of sp³-hybridized carbons (Fsp3) is 0.300. The van der Waals surface area contributed by atoms with Crippen LogP contribution in [0.1, 0.15) is 43.1 Å². The number of ether oxygens (including phenoxy) is 3. The lowest BCUT2D eigenvalue weighted by atomic mass is 9.95. The van der Waals surface area contributed by atoms with Crippen LogP contribution in [0.4, 0.5) is 0 Å². The van der Waals surface area contributed by atoms with E-state index >= 15 is 0 Å². The number of methoxy groups -OCH3 is 1. The number of aromatic amines is 1. The lowest BCUT2D eigenvalue weighted by Crippen LogP contribution is -2.40. The number of hydrogen-bond donors (Lipinski definition) is 1. The van der Waals surface area contributed by atoms with E-state index in [0.29, 0.717) is 38.5 Å². The van der Waals surface area contributed by atoms with Gasteiger partial charge in [-0.15, -0.1) is 0 Å². The van der Waals surface area contributed by atoms with Crippen LogP contribution in [0.2, 0.25) is 0 Å². The van der Waals surface area contributed by atoms with Crippen LogP contribution >= 0.6 is 11.3 Å². The third kappa shape index (κ3) is 5.07. The number of allylic oxidation sites excluding steroid dienone is 1. The Balaban J connectivity index is 1.72. The Labute approximate surface area is 229 Å². The highest BCUT2D eigenvalue weighted by Gasteiger charge is 2.35. The number of aromatic nitrogens is 2. The SMILES string of the molecule is CCCOc1ccccc1[C@@H]1C(C(=O)OCCOC)=C(C)N=c2s/c(=C/c3c(C)[nH]c4ccccc34)c(=O)n21. The van der Waals surface area contributed by atoms with Crippen LogP contribution in [0.5, 0.6) is 5.75 Å². The van der Waals surface area contributed by atoms with Gasteiger partial charge in [-0.3, -0.25) is 9.36 Å². The lowest BCUT2D eigenvalue weighted by Gasteiger charge is -2.26. The van der Waals surface area contributed by atoms with Crippen molar-refractivity contribution in [2.75, 3.05) is 26.9 Å². The summed E-state index contributed by atoms with van der Waals surface area (Å²) in [6, 6.07) is 14.8. The number of carbonyl (C=O) groups is 1. The van der Waals surface area contributed by atoms with Crippen molar-refractivity contribution in [3.05, 3.63) is 96.3 Å². The van der Waals surface area contributed by atoms with E-state index in [4.69, 9.17) is 19.2 Å². The van der Waals surface area contributed by atoms with Crippen molar-refractivity contribution in [2.24, 2.45) is 4.99 Å². The van der Waals surface area contributed by atoms with E-state index in [0.717, 1.165) is 28.6 Å². The van der Waals surface area contributed by atoms with Gasteiger partial charge in [0.1, 0.15) is 18.4 Å². The van der Waals surface area contributed by atoms with Gasteiger partial charge >= 0.3 is 5.97 Å².